The van der Waals surface area contributed by atoms with E-state index >= 15 is 0 Å². The number of benzene rings is 3. The van der Waals surface area contributed by atoms with E-state index in [0.717, 1.165) is 11.1 Å². The van der Waals surface area contributed by atoms with Crippen molar-refractivity contribution in [2.75, 3.05) is 27.0 Å². The lowest BCUT2D eigenvalue weighted by atomic mass is 9.83. The van der Waals surface area contributed by atoms with Crippen molar-refractivity contribution in [1.29, 1.82) is 0 Å². The van der Waals surface area contributed by atoms with E-state index in [0.29, 0.717) is 22.6 Å². The van der Waals surface area contributed by atoms with Crippen molar-refractivity contribution in [3.63, 3.8) is 0 Å². The number of halogens is 2. The molecule has 0 aliphatic carbocycles. The van der Waals surface area contributed by atoms with Crippen molar-refractivity contribution >= 4 is 6.02 Å². The van der Waals surface area contributed by atoms with Gasteiger partial charge in [0.1, 0.15) is 37.2 Å². The number of rotatable bonds is 7. The molecule has 0 saturated carbocycles. The van der Waals surface area contributed by atoms with Crippen molar-refractivity contribution in [3.05, 3.63) is 83.7 Å². The zero-order valence-electron chi connectivity index (χ0n) is 17.0. The second kappa shape index (κ2) is 8.63. The van der Waals surface area contributed by atoms with Crippen LogP contribution in [0.2, 0.25) is 0 Å². The first-order valence-corrected chi connectivity index (χ1v) is 9.77. The van der Waals surface area contributed by atoms with Gasteiger partial charge in [-0.2, -0.15) is 0 Å². The Morgan fingerprint density at radius 1 is 1.03 bits per heavy atom. The highest BCUT2D eigenvalue weighted by atomic mass is 19.1. The van der Waals surface area contributed by atoms with Crippen LogP contribution in [0.1, 0.15) is 11.1 Å². The molecule has 0 saturated heterocycles. The molecule has 0 radical (unpaired) electrons. The third-order valence-corrected chi connectivity index (χ3v) is 5.23. The molecule has 1 aliphatic rings. The summed E-state index contributed by atoms with van der Waals surface area (Å²) >= 11 is 0. The molecule has 160 valence electrons. The standard InChI is InChI=1S/C24H22F2N2O3/c1-29-20-9-10-22(26)21(14-20)16-3-2-4-18(13-16)24(15-31-23(27)28-24)17-5-7-19(8-6-17)30-12-11-25/h2-10,13-14H,11-12,15H2,1H3,(H2,27,28). The Labute approximate surface area is 179 Å². The van der Waals surface area contributed by atoms with E-state index < -0.39 is 12.2 Å². The van der Waals surface area contributed by atoms with Crippen molar-refractivity contribution in [2.45, 2.75) is 5.54 Å². The van der Waals surface area contributed by atoms with E-state index in [4.69, 9.17) is 19.9 Å². The van der Waals surface area contributed by atoms with Crippen LogP contribution < -0.4 is 15.2 Å². The van der Waals surface area contributed by atoms with Gasteiger partial charge in [-0.1, -0.05) is 30.3 Å². The summed E-state index contributed by atoms with van der Waals surface area (Å²) in [5.41, 5.74) is 7.70. The fourth-order valence-electron chi connectivity index (χ4n) is 3.67. The fraction of sp³-hybridized carbons (Fsp3) is 0.208. The lowest BCUT2D eigenvalue weighted by Crippen LogP contribution is -2.27. The topological polar surface area (TPSA) is 66.1 Å². The Hall–Kier alpha value is -3.61. The monoisotopic (exact) mass is 424 g/mol. The number of aliphatic imine (C=N–C) groups is 1. The Morgan fingerprint density at radius 3 is 2.48 bits per heavy atom. The molecule has 0 aromatic heterocycles. The molecule has 1 heterocycles. The van der Waals surface area contributed by atoms with Crippen LogP contribution in [0.4, 0.5) is 8.78 Å². The van der Waals surface area contributed by atoms with Gasteiger partial charge in [-0.15, -0.1) is 0 Å². The number of nitrogens with zero attached hydrogens (tertiary/aromatic N) is 1. The van der Waals surface area contributed by atoms with Gasteiger partial charge >= 0.3 is 0 Å². The number of nitrogens with two attached hydrogens (primary N) is 1. The molecule has 4 rings (SSSR count). The van der Waals surface area contributed by atoms with Gasteiger partial charge in [-0.25, -0.2) is 13.8 Å². The zero-order valence-corrected chi connectivity index (χ0v) is 17.0. The molecule has 5 nitrogen and oxygen atoms in total. The highest BCUT2D eigenvalue weighted by Gasteiger charge is 2.40. The second-order valence-corrected chi connectivity index (χ2v) is 7.09. The van der Waals surface area contributed by atoms with Crippen LogP contribution in [0.5, 0.6) is 11.5 Å². The zero-order chi connectivity index (χ0) is 21.8. The molecule has 0 amide bonds. The molecule has 2 N–H and O–H groups in total. The molecular weight excluding hydrogens is 402 g/mol. The van der Waals surface area contributed by atoms with Gasteiger partial charge < -0.3 is 19.9 Å². The lowest BCUT2D eigenvalue weighted by Gasteiger charge is -2.26. The minimum absolute atomic E-state index is 0.00709. The number of amidine groups is 1. The maximum Gasteiger partial charge on any atom is 0.283 e. The average molecular weight is 424 g/mol. The summed E-state index contributed by atoms with van der Waals surface area (Å²) in [4.78, 5) is 4.60. The molecular formula is C24H22F2N2O3. The third kappa shape index (κ3) is 4.03. The first-order chi connectivity index (χ1) is 15.1. The number of hydrogen-bond acceptors (Lipinski definition) is 5. The van der Waals surface area contributed by atoms with E-state index in [1.54, 1.807) is 24.3 Å². The molecule has 1 aliphatic heterocycles. The quantitative estimate of drug-likeness (QED) is 0.609. The molecule has 0 bridgehead atoms. The van der Waals surface area contributed by atoms with Crippen LogP contribution in [0.3, 0.4) is 0 Å². The Morgan fingerprint density at radius 2 is 1.81 bits per heavy atom. The minimum atomic E-state index is -0.895. The summed E-state index contributed by atoms with van der Waals surface area (Å²) in [6.45, 7) is -0.367. The normalized spacial score (nSPS) is 17.7. The minimum Gasteiger partial charge on any atom is -0.497 e. The molecule has 0 spiro atoms. The van der Waals surface area contributed by atoms with Gasteiger partial charge in [0.15, 0.2) is 5.54 Å². The van der Waals surface area contributed by atoms with Crippen LogP contribution in [-0.4, -0.2) is 33.0 Å². The van der Waals surface area contributed by atoms with Crippen LogP contribution in [0.25, 0.3) is 11.1 Å². The number of hydrogen-bond donors (Lipinski definition) is 1. The maximum atomic E-state index is 14.6. The second-order valence-electron chi connectivity index (χ2n) is 7.09. The predicted molar refractivity (Wildman–Crippen MR) is 115 cm³/mol. The highest BCUT2D eigenvalue weighted by molar-refractivity contribution is 5.76. The lowest BCUT2D eigenvalue weighted by molar-refractivity contribution is 0.271. The molecule has 31 heavy (non-hydrogen) atoms. The molecule has 1 unspecified atom stereocenters. The first kappa shape index (κ1) is 20.7. The van der Waals surface area contributed by atoms with Crippen LogP contribution in [0, 0.1) is 5.82 Å². The summed E-state index contributed by atoms with van der Waals surface area (Å²) in [6.07, 6.45) is 0. The molecule has 0 fully saturated rings. The van der Waals surface area contributed by atoms with Crippen molar-refractivity contribution in [3.8, 4) is 22.6 Å². The predicted octanol–water partition coefficient (Wildman–Crippen LogP) is 4.44. The molecule has 1 atom stereocenters. The van der Waals surface area contributed by atoms with E-state index in [-0.39, 0.29) is 25.1 Å². The van der Waals surface area contributed by atoms with Crippen LogP contribution in [-0.2, 0) is 10.3 Å². The van der Waals surface area contributed by atoms with Crippen molar-refractivity contribution < 1.29 is 23.0 Å². The van der Waals surface area contributed by atoms with Crippen LogP contribution >= 0.6 is 0 Å². The van der Waals surface area contributed by atoms with Gasteiger partial charge in [0.05, 0.1) is 7.11 Å². The average Bonchev–Trinajstić information content (AvgIpc) is 3.21. The Balaban J connectivity index is 1.77. The number of alkyl halides is 1. The van der Waals surface area contributed by atoms with Gasteiger partial charge in [-0.3, -0.25) is 0 Å². The largest absolute Gasteiger partial charge is 0.497 e. The molecule has 7 heteroatoms. The summed E-state index contributed by atoms with van der Waals surface area (Å²) in [7, 11) is 1.54. The van der Waals surface area contributed by atoms with Crippen molar-refractivity contribution in [1.82, 2.24) is 0 Å². The number of ether oxygens (including phenoxy) is 3. The summed E-state index contributed by atoms with van der Waals surface area (Å²) in [6, 6.07) is 19.3. The van der Waals surface area contributed by atoms with Crippen molar-refractivity contribution in [2.24, 2.45) is 10.7 Å². The van der Waals surface area contributed by atoms with Gasteiger partial charge in [0.25, 0.3) is 6.02 Å². The van der Waals surface area contributed by atoms with Gasteiger partial charge in [0, 0.05) is 5.56 Å². The van der Waals surface area contributed by atoms with E-state index in [9.17, 15) is 8.78 Å². The van der Waals surface area contributed by atoms with E-state index in [1.165, 1.54) is 13.2 Å². The van der Waals surface area contributed by atoms with E-state index in [1.807, 2.05) is 36.4 Å². The number of methoxy groups -OCH3 is 1. The highest BCUT2D eigenvalue weighted by Crippen LogP contribution is 2.40. The van der Waals surface area contributed by atoms with Gasteiger partial charge in [-0.05, 0) is 53.1 Å². The Kier molecular flexibility index (Phi) is 5.75. The third-order valence-electron chi connectivity index (χ3n) is 5.23. The first-order valence-electron chi connectivity index (χ1n) is 9.77. The molecule has 3 aromatic carbocycles. The van der Waals surface area contributed by atoms with E-state index in [2.05, 4.69) is 4.99 Å². The van der Waals surface area contributed by atoms with Crippen LogP contribution in [0.15, 0.2) is 71.7 Å². The smallest absolute Gasteiger partial charge is 0.283 e. The maximum absolute atomic E-state index is 14.6. The fourth-order valence-corrected chi connectivity index (χ4v) is 3.67. The Bertz CT molecular complexity index is 1100. The molecule has 3 aromatic rings. The summed E-state index contributed by atoms with van der Waals surface area (Å²) < 4.78 is 43.0. The SMILES string of the molecule is COc1ccc(F)c(-c2cccc(C3(c4ccc(OCCF)cc4)COC(N)=N3)c2)c1. The van der Waals surface area contributed by atoms with Gasteiger partial charge in [0.2, 0.25) is 0 Å². The summed E-state index contributed by atoms with van der Waals surface area (Å²) in [5, 5.41) is 0. The summed E-state index contributed by atoms with van der Waals surface area (Å²) in [5.74, 6) is 0.763.